The lowest BCUT2D eigenvalue weighted by Crippen LogP contribution is -2.44. The summed E-state index contributed by atoms with van der Waals surface area (Å²) in [5, 5.41) is 8.09. The Balaban J connectivity index is 1.72. The smallest absolute Gasteiger partial charge is 0.242 e. The van der Waals surface area contributed by atoms with Gasteiger partial charge in [-0.05, 0) is 50.5 Å². The molecule has 1 aliphatic heterocycles. The Morgan fingerprint density at radius 1 is 1.43 bits per heavy atom. The third-order valence-corrected chi connectivity index (χ3v) is 4.50. The molecule has 1 N–H and O–H groups in total. The monoisotopic (exact) mass is 332 g/mol. The normalized spacial score (nSPS) is 18.0. The molecule has 122 valence electrons. The Morgan fingerprint density at radius 2 is 2.30 bits per heavy atom. The van der Waals surface area contributed by atoms with Crippen LogP contribution in [0.4, 0.5) is 5.69 Å². The summed E-state index contributed by atoms with van der Waals surface area (Å²) >= 11 is 6.10. The van der Waals surface area contributed by atoms with E-state index in [4.69, 9.17) is 11.6 Å². The van der Waals surface area contributed by atoms with Gasteiger partial charge in [0.1, 0.15) is 0 Å². The standard InChI is InChI=1S/C17H21ClN4O/c1-13-5-2-3-9-21(13)17(23)12-19-15-11-14(18)6-7-16(15)22-10-4-8-20-22/h4,6-8,10-11,13,19H,2-3,5,9,12H2,1H3. The predicted octanol–water partition coefficient (Wildman–Crippen LogP) is 3.34. The molecule has 1 aromatic carbocycles. The molecular weight excluding hydrogens is 312 g/mol. The van der Waals surface area contributed by atoms with Gasteiger partial charge in [0.05, 0.1) is 17.9 Å². The number of hydrogen-bond donors (Lipinski definition) is 1. The average molecular weight is 333 g/mol. The number of hydrogen-bond acceptors (Lipinski definition) is 3. The van der Waals surface area contributed by atoms with E-state index in [0.29, 0.717) is 11.1 Å². The van der Waals surface area contributed by atoms with Gasteiger partial charge in [0.25, 0.3) is 0 Å². The Labute approximate surface area is 141 Å². The van der Waals surface area contributed by atoms with E-state index in [9.17, 15) is 4.79 Å². The number of amides is 1. The van der Waals surface area contributed by atoms with Crippen LogP contribution in [0.5, 0.6) is 0 Å². The van der Waals surface area contributed by atoms with E-state index < -0.39 is 0 Å². The first kappa shape index (κ1) is 15.9. The van der Waals surface area contributed by atoms with Gasteiger partial charge in [-0.2, -0.15) is 5.10 Å². The van der Waals surface area contributed by atoms with Crippen molar-refractivity contribution in [2.45, 2.75) is 32.2 Å². The molecule has 1 aliphatic rings. The summed E-state index contributed by atoms with van der Waals surface area (Å²) in [6.07, 6.45) is 6.96. The van der Waals surface area contributed by atoms with Crippen LogP contribution in [0.2, 0.25) is 5.02 Å². The van der Waals surface area contributed by atoms with Gasteiger partial charge in [0.2, 0.25) is 5.91 Å². The van der Waals surface area contributed by atoms with Crippen LogP contribution in [0.1, 0.15) is 26.2 Å². The summed E-state index contributed by atoms with van der Waals surface area (Å²) in [6, 6.07) is 7.72. The third kappa shape index (κ3) is 3.67. The van der Waals surface area contributed by atoms with E-state index in [2.05, 4.69) is 17.3 Å². The second kappa shape index (κ2) is 7.04. The van der Waals surface area contributed by atoms with E-state index in [0.717, 1.165) is 30.8 Å². The van der Waals surface area contributed by atoms with Crippen molar-refractivity contribution in [3.8, 4) is 5.69 Å². The molecule has 2 heterocycles. The van der Waals surface area contributed by atoms with Crippen LogP contribution >= 0.6 is 11.6 Å². The Morgan fingerprint density at radius 3 is 3.04 bits per heavy atom. The number of benzene rings is 1. The molecule has 2 aromatic rings. The number of rotatable bonds is 4. The van der Waals surface area contributed by atoms with E-state index >= 15 is 0 Å². The van der Waals surface area contributed by atoms with Crippen molar-refractivity contribution < 1.29 is 4.79 Å². The quantitative estimate of drug-likeness (QED) is 0.934. The lowest BCUT2D eigenvalue weighted by Gasteiger charge is -2.33. The number of carbonyl (C=O) groups excluding carboxylic acids is 1. The zero-order chi connectivity index (χ0) is 16.2. The van der Waals surface area contributed by atoms with Crippen LogP contribution in [0.15, 0.2) is 36.7 Å². The molecule has 1 amide bonds. The zero-order valence-corrected chi connectivity index (χ0v) is 14.0. The van der Waals surface area contributed by atoms with Gasteiger partial charge in [-0.3, -0.25) is 4.79 Å². The van der Waals surface area contributed by atoms with Crippen LogP contribution in [0, 0.1) is 0 Å². The number of carbonyl (C=O) groups is 1. The highest BCUT2D eigenvalue weighted by atomic mass is 35.5. The molecule has 1 saturated heterocycles. The lowest BCUT2D eigenvalue weighted by molar-refractivity contribution is -0.132. The number of nitrogens with zero attached hydrogens (tertiary/aromatic N) is 3. The second-order valence-electron chi connectivity index (χ2n) is 5.90. The fraction of sp³-hybridized carbons (Fsp3) is 0.412. The van der Waals surface area contributed by atoms with E-state index in [1.54, 1.807) is 10.9 Å². The van der Waals surface area contributed by atoms with Crippen molar-refractivity contribution in [1.82, 2.24) is 14.7 Å². The first-order chi connectivity index (χ1) is 11.1. The minimum Gasteiger partial charge on any atom is -0.374 e. The largest absolute Gasteiger partial charge is 0.374 e. The summed E-state index contributed by atoms with van der Waals surface area (Å²) in [5.74, 6) is 0.128. The highest BCUT2D eigenvalue weighted by Gasteiger charge is 2.22. The summed E-state index contributed by atoms with van der Waals surface area (Å²) in [5.41, 5.74) is 1.68. The topological polar surface area (TPSA) is 50.2 Å². The van der Waals surface area contributed by atoms with Crippen LogP contribution in [0.25, 0.3) is 5.69 Å². The third-order valence-electron chi connectivity index (χ3n) is 4.26. The number of aromatic nitrogens is 2. The predicted molar refractivity (Wildman–Crippen MR) is 92.1 cm³/mol. The average Bonchev–Trinajstić information content (AvgIpc) is 3.07. The molecule has 23 heavy (non-hydrogen) atoms. The summed E-state index contributed by atoms with van der Waals surface area (Å²) < 4.78 is 1.76. The van der Waals surface area contributed by atoms with Crippen LogP contribution < -0.4 is 5.32 Å². The van der Waals surface area contributed by atoms with Crippen molar-refractivity contribution in [2.75, 3.05) is 18.4 Å². The van der Waals surface area contributed by atoms with Crippen molar-refractivity contribution >= 4 is 23.2 Å². The molecule has 0 bridgehead atoms. The first-order valence-corrected chi connectivity index (χ1v) is 8.36. The van der Waals surface area contributed by atoms with E-state index in [1.165, 1.54) is 6.42 Å². The molecule has 1 aromatic heterocycles. The van der Waals surface area contributed by atoms with Gasteiger partial charge in [-0.1, -0.05) is 11.6 Å². The number of piperidine rings is 1. The first-order valence-electron chi connectivity index (χ1n) is 7.98. The number of likely N-dealkylation sites (tertiary alicyclic amines) is 1. The van der Waals surface area contributed by atoms with Crippen LogP contribution in [-0.4, -0.2) is 39.7 Å². The number of anilines is 1. The van der Waals surface area contributed by atoms with Gasteiger partial charge in [-0.25, -0.2) is 4.68 Å². The molecule has 1 atom stereocenters. The molecule has 1 unspecified atom stereocenters. The van der Waals surface area contributed by atoms with Crippen LogP contribution in [-0.2, 0) is 4.79 Å². The molecule has 0 aliphatic carbocycles. The SMILES string of the molecule is CC1CCCCN1C(=O)CNc1cc(Cl)ccc1-n1cccn1. The van der Waals surface area contributed by atoms with Crippen molar-refractivity contribution in [3.05, 3.63) is 41.7 Å². The zero-order valence-electron chi connectivity index (χ0n) is 13.2. The lowest BCUT2D eigenvalue weighted by atomic mass is 10.0. The molecule has 3 rings (SSSR count). The minimum atomic E-state index is 0.128. The summed E-state index contributed by atoms with van der Waals surface area (Å²) in [7, 11) is 0. The molecular formula is C17H21ClN4O. The fourth-order valence-corrected chi connectivity index (χ4v) is 3.17. The number of halogens is 1. The maximum absolute atomic E-state index is 12.5. The van der Waals surface area contributed by atoms with E-state index in [-0.39, 0.29) is 12.5 Å². The Bertz CT molecular complexity index is 671. The molecule has 1 fully saturated rings. The molecule has 0 saturated carbocycles. The highest BCUT2D eigenvalue weighted by Crippen LogP contribution is 2.24. The summed E-state index contributed by atoms with van der Waals surface area (Å²) in [6.45, 7) is 3.23. The van der Waals surface area contributed by atoms with Gasteiger partial charge < -0.3 is 10.2 Å². The minimum absolute atomic E-state index is 0.128. The Hall–Kier alpha value is -2.01. The van der Waals surface area contributed by atoms with Crippen molar-refractivity contribution in [3.63, 3.8) is 0 Å². The fourth-order valence-electron chi connectivity index (χ4n) is 3.00. The molecule has 0 spiro atoms. The van der Waals surface area contributed by atoms with Crippen molar-refractivity contribution in [2.24, 2.45) is 0 Å². The number of nitrogens with one attached hydrogen (secondary N) is 1. The molecule has 5 nitrogen and oxygen atoms in total. The second-order valence-corrected chi connectivity index (χ2v) is 6.33. The summed E-state index contributed by atoms with van der Waals surface area (Å²) in [4.78, 5) is 14.4. The maximum Gasteiger partial charge on any atom is 0.242 e. The molecule has 6 heteroatoms. The van der Waals surface area contributed by atoms with Gasteiger partial charge in [0.15, 0.2) is 0 Å². The van der Waals surface area contributed by atoms with Gasteiger partial charge in [-0.15, -0.1) is 0 Å². The van der Waals surface area contributed by atoms with Gasteiger partial charge in [0, 0.05) is 30.0 Å². The molecule has 0 radical (unpaired) electrons. The maximum atomic E-state index is 12.5. The van der Waals surface area contributed by atoms with E-state index in [1.807, 2.05) is 35.4 Å². The van der Waals surface area contributed by atoms with Crippen LogP contribution in [0.3, 0.4) is 0 Å². The van der Waals surface area contributed by atoms with Gasteiger partial charge >= 0.3 is 0 Å². The highest BCUT2D eigenvalue weighted by molar-refractivity contribution is 6.31. The van der Waals surface area contributed by atoms with Crippen molar-refractivity contribution in [1.29, 1.82) is 0 Å². The Kier molecular flexibility index (Phi) is 4.86.